The zero-order chi connectivity index (χ0) is 33.7. The van der Waals surface area contributed by atoms with Crippen LogP contribution in [0.3, 0.4) is 0 Å². The number of alkyl carbamates (subject to hydrolysis) is 1. The first-order valence-electron chi connectivity index (χ1n) is 16.0. The quantitative estimate of drug-likeness (QED) is 0.188. The summed E-state index contributed by atoms with van der Waals surface area (Å²) in [5, 5.41) is 3.52. The molecular weight excluding hydrogens is 610 g/mol. The standard InChI is InChI=1S/C38H44ClN5O3/c1-26(2)43(22-21-41-37(46)47-38(3,4)5)33-12-9-29-23-35(45)44(36(34(29)24-33)28-7-10-30(39)11-8-28)32-15-13-31(14-16-32)42(6)25-27-17-19-40-20-18-27/h7-20,24,26,36H,21-23,25H2,1-6H3,(H,41,46). The van der Waals surface area contributed by atoms with E-state index in [-0.39, 0.29) is 18.0 Å². The van der Waals surface area contributed by atoms with Gasteiger partial charge >= 0.3 is 6.09 Å². The van der Waals surface area contributed by atoms with Gasteiger partial charge in [-0.2, -0.15) is 0 Å². The average molecular weight is 654 g/mol. The van der Waals surface area contributed by atoms with Crippen molar-refractivity contribution in [3.63, 3.8) is 0 Å². The summed E-state index contributed by atoms with van der Waals surface area (Å²) >= 11 is 6.31. The van der Waals surface area contributed by atoms with E-state index in [1.807, 2.05) is 74.2 Å². The fourth-order valence-corrected chi connectivity index (χ4v) is 6.10. The first-order chi connectivity index (χ1) is 22.4. The molecule has 2 amide bonds. The summed E-state index contributed by atoms with van der Waals surface area (Å²) in [4.78, 5) is 36.7. The third-order valence-electron chi connectivity index (χ3n) is 8.19. The number of ether oxygens (including phenoxy) is 1. The van der Waals surface area contributed by atoms with Gasteiger partial charge in [-0.25, -0.2) is 4.79 Å². The molecule has 9 heteroatoms. The normalized spacial score (nSPS) is 14.5. The number of anilines is 3. The second-order valence-corrected chi connectivity index (χ2v) is 13.7. The van der Waals surface area contributed by atoms with Crippen LogP contribution in [0.2, 0.25) is 5.02 Å². The van der Waals surface area contributed by atoms with E-state index in [2.05, 4.69) is 71.3 Å². The number of nitrogens with zero attached hydrogens (tertiary/aromatic N) is 4. The number of carbonyl (C=O) groups is 2. The van der Waals surface area contributed by atoms with E-state index in [1.165, 1.54) is 5.56 Å². The Morgan fingerprint density at radius 1 is 1.00 bits per heavy atom. The van der Waals surface area contributed by atoms with Gasteiger partial charge in [0.15, 0.2) is 0 Å². The van der Waals surface area contributed by atoms with Crippen molar-refractivity contribution in [3.05, 3.63) is 119 Å². The van der Waals surface area contributed by atoms with Gasteiger partial charge in [-0.1, -0.05) is 29.8 Å². The highest BCUT2D eigenvalue weighted by Gasteiger charge is 2.35. The molecule has 3 aromatic carbocycles. The second kappa shape index (κ2) is 14.5. The van der Waals surface area contributed by atoms with Crippen LogP contribution < -0.4 is 20.0 Å². The molecule has 47 heavy (non-hydrogen) atoms. The molecule has 5 rings (SSSR count). The molecule has 0 fully saturated rings. The molecule has 0 aliphatic carbocycles. The lowest BCUT2D eigenvalue weighted by atomic mass is 9.86. The predicted octanol–water partition coefficient (Wildman–Crippen LogP) is 7.79. The largest absolute Gasteiger partial charge is 0.444 e. The second-order valence-electron chi connectivity index (χ2n) is 13.2. The van der Waals surface area contributed by atoms with Gasteiger partial charge < -0.3 is 24.8 Å². The van der Waals surface area contributed by atoms with Crippen molar-refractivity contribution in [1.82, 2.24) is 10.3 Å². The highest BCUT2D eigenvalue weighted by molar-refractivity contribution is 6.30. The number of hydrogen-bond acceptors (Lipinski definition) is 6. The fraction of sp³-hybridized carbons (Fsp3) is 0.342. The minimum absolute atomic E-state index is 0.0327. The zero-order valence-electron chi connectivity index (χ0n) is 28.0. The molecular formula is C38H44ClN5O3. The summed E-state index contributed by atoms with van der Waals surface area (Å²) in [5.41, 5.74) is 6.55. The van der Waals surface area contributed by atoms with Crippen molar-refractivity contribution < 1.29 is 14.3 Å². The monoisotopic (exact) mass is 653 g/mol. The van der Waals surface area contributed by atoms with Crippen LogP contribution in [-0.2, 0) is 22.5 Å². The van der Waals surface area contributed by atoms with Crippen LogP contribution in [0, 0.1) is 0 Å². The van der Waals surface area contributed by atoms with E-state index in [0.717, 1.165) is 40.3 Å². The van der Waals surface area contributed by atoms with Crippen molar-refractivity contribution in [2.45, 2.75) is 65.3 Å². The summed E-state index contributed by atoms with van der Waals surface area (Å²) in [6, 6.07) is 26.1. The molecule has 1 aliphatic rings. The number of benzene rings is 3. The van der Waals surface area contributed by atoms with Gasteiger partial charge in [0.2, 0.25) is 5.91 Å². The van der Waals surface area contributed by atoms with Crippen molar-refractivity contribution >= 4 is 40.7 Å². The number of fused-ring (bicyclic) bond motifs is 1. The molecule has 1 unspecified atom stereocenters. The van der Waals surface area contributed by atoms with Crippen LogP contribution in [0.15, 0.2) is 91.3 Å². The SMILES string of the molecule is CC(C)N(CCNC(=O)OC(C)(C)C)c1ccc2c(c1)C(c1ccc(Cl)cc1)N(c1ccc(N(C)Cc3ccncc3)cc1)C(=O)C2. The zero-order valence-corrected chi connectivity index (χ0v) is 28.8. The molecule has 246 valence electrons. The van der Waals surface area contributed by atoms with Crippen molar-refractivity contribution in [3.8, 4) is 0 Å². The first kappa shape index (κ1) is 33.8. The highest BCUT2D eigenvalue weighted by atomic mass is 35.5. The van der Waals surface area contributed by atoms with Crippen LogP contribution in [0.25, 0.3) is 0 Å². The van der Waals surface area contributed by atoms with Crippen molar-refractivity contribution in [2.75, 3.05) is 34.8 Å². The van der Waals surface area contributed by atoms with Gasteiger partial charge in [-0.3, -0.25) is 9.78 Å². The predicted molar refractivity (Wildman–Crippen MR) is 190 cm³/mol. The third kappa shape index (κ3) is 8.43. The van der Waals surface area contributed by atoms with Crippen LogP contribution in [-0.4, -0.2) is 48.8 Å². The van der Waals surface area contributed by atoms with E-state index >= 15 is 0 Å². The highest BCUT2D eigenvalue weighted by Crippen LogP contribution is 2.41. The Morgan fingerprint density at radius 3 is 2.30 bits per heavy atom. The van der Waals surface area contributed by atoms with Gasteiger partial charge in [0, 0.05) is 67.2 Å². The summed E-state index contributed by atoms with van der Waals surface area (Å²) in [5.74, 6) is 0.0327. The smallest absolute Gasteiger partial charge is 0.407 e. The van der Waals surface area contributed by atoms with Crippen LogP contribution >= 0.6 is 11.6 Å². The number of halogens is 1. The Kier molecular flexibility index (Phi) is 10.4. The Balaban J connectivity index is 1.45. The number of aromatic nitrogens is 1. The molecule has 0 spiro atoms. The van der Waals surface area contributed by atoms with E-state index in [1.54, 1.807) is 12.4 Å². The summed E-state index contributed by atoms with van der Waals surface area (Å²) in [6.07, 6.45) is 3.47. The maximum absolute atomic E-state index is 13.9. The number of rotatable bonds is 10. The molecule has 8 nitrogen and oxygen atoms in total. The molecule has 0 saturated heterocycles. The summed E-state index contributed by atoms with van der Waals surface area (Å²) in [6.45, 7) is 11.6. The molecule has 4 aromatic rings. The van der Waals surface area contributed by atoms with Gasteiger partial charge in [0.05, 0.1) is 12.5 Å². The van der Waals surface area contributed by atoms with Crippen LogP contribution in [0.4, 0.5) is 21.9 Å². The minimum Gasteiger partial charge on any atom is -0.444 e. The number of carbonyl (C=O) groups excluding carboxylic acids is 2. The first-order valence-corrected chi connectivity index (χ1v) is 16.4. The maximum atomic E-state index is 13.9. The van der Waals surface area contributed by atoms with Gasteiger partial charge in [0.1, 0.15) is 5.60 Å². The van der Waals surface area contributed by atoms with Crippen molar-refractivity contribution in [2.24, 2.45) is 0 Å². The molecule has 0 saturated carbocycles. The average Bonchev–Trinajstić information content (AvgIpc) is 3.02. The molecule has 1 N–H and O–H groups in total. The number of pyridine rings is 1. The molecule has 1 atom stereocenters. The summed E-state index contributed by atoms with van der Waals surface area (Å²) < 4.78 is 5.42. The summed E-state index contributed by atoms with van der Waals surface area (Å²) in [7, 11) is 2.05. The molecule has 2 heterocycles. The Hall–Kier alpha value is -4.56. The fourth-order valence-electron chi connectivity index (χ4n) is 5.97. The topological polar surface area (TPSA) is 78.0 Å². The van der Waals surface area contributed by atoms with Gasteiger partial charge in [-0.05, 0) is 118 Å². The maximum Gasteiger partial charge on any atom is 0.407 e. The molecule has 0 bridgehead atoms. The third-order valence-corrected chi connectivity index (χ3v) is 8.44. The minimum atomic E-state index is -0.559. The number of amides is 2. The van der Waals surface area contributed by atoms with Gasteiger partial charge in [0.25, 0.3) is 0 Å². The van der Waals surface area contributed by atoms with E-state index in [9.17, 15) is 9.59 Å². The van der Waals surface area contributed by atoms with Crippen LogP contribution in [0.5, 0.6) is 0 Å². The Morgan fingerprint density at radius 2 is 1.66 bits per heavy atom. The molecule has 1 aromatic heterocycles. The molecule has 1 aliphatic heterocycles. The van der Waals surface area contributed by atoms with E-state index in [0.29, 0.717) is 24.5 Å². The lowest BCUT2D eigenvalue weighted by Crippen LogP contribution is -2.42. The lowest BCUT2D eigenvalue weighted by molar-refractivity contribution is -0.118. The van der Waals surface area contributed by atoms with E-state index < -0.39 is 11.7 Å². The number of hydrogen-bond donors (Lipinski definition) is 1. The Bertz CT molecular complexity index is 1670. The lowest BCUT2D eigenvalue weighted by Gasteiger charge is -2.39. The number of nitrogens with one attached hydrogen (secondary N) is 1. The Labute approximate surface area is 283 Å². The van der Waals surface area contributed by atoms with Crippen LogP contribution in [0.1, 0.15) is 62.9 Å². The van der Waals surface area contributed by atoms with E-state index in [4.69, 9.17) is 16.3 Å². The molecule has 0 radical (unpaired) electrons. The van der Waals surface area contributed by atoms with Gasteiger partial charge in [-0.15, -0.1) is 0 Å². The van der Waals surface area contributed by atoms with Crippen molar-refractivity contribution in [1.29, 1.82) is 0 Å².